The minimum absolute atomic E-state index is 0.195. The van der Waals surface area contributed by atoms with E-state index in [4.69, 9.17) is 14.3 Å². The van der Waals surface area contributed by atoms with Gasteiger partial charge in [0, 0.05) is 6.54 Å². The van der Waals surface area contributed by atoms with Crippen LogP contribution in [0.15, 0.2) is 33.2 Å². The van der Waals surface area contributed by atoms with E-state index in [9.17, 15) is 14.4 Å². The van der Waals surface area contributed by atoms with Crippen LogP contribution in [0.5, 0.6) is 0 Å². The largest absolute Gasteiger partial charge is 0.494 e. The van der Waals surface area contributed by atoms with Crippen molar-refractivity contribution in [2.45, 2.75) is 77.7 Å². The van der Waals surface area contributed by atoms with Crippen LogP contribution < -0.4 is 11.0 Å². The number of benzene rings is 1. The molecule has 0 unspecified atom stereocenters. The molecular formula is C25H34BN5O6. The number of rotatable bonds is 5. The summed E-state index contributed by atoms with van der Waals surface area (Å²) in [7, 11) is 0.605. The summed E-state index contributed by atoms with van der Waals surface area (Å²) in [5.41, 5.74) is -0.0412. The van der Waals surface area contributed by atoms with Gasteiger partial charge in [0.05, 0.1) is 35.3 Å². The fourth-order valence-electron chi connectivity index (χ4n) is 4.56. The lowest BCUT2D eigenvalue weighted by molar-refractivity contribution is -0.134. The van der Waals surface area contributed by atoms with E-state index < -0.39 is 36.5 Å². The Bertz CT molecular complexity index is 1270. The number of azo groups is 1. The Hall–Kier alpha value is -3.12. The zero-order chi connectivity index (χ0) is 27.1. The molecule has 0 saturated carbocycles. The van der Waals surface area contributed by atoms with Gasteiger partial charge in [-0.3, -0.25) is 9.59 Å². The zero-order valence-electron chi connectivity index (χ0n) is 22.4. The molecule has 0 aliphatic carbocycles. The van der Waals surface area contributed by atoms with E-state index >= 15 is 0 Å². The maximum absolute atomic E-state index is 13.4. The van der Waals surface area contributed by atoms with Gasteiger partial charge in [0.15, 0.2) is 6.04 Å². The molecule has 2 saturated heterocycles. The van der Waals surface area contributed by atoms with Gasteiger partial charge in [0.25, 0.3) is 5.56 Å². The van der Waals surface area contributed by atoms with Crippen LogP contribution in [0.3, 0.4) is 0 Å². The molecule has 1 N–H and O–H groups in total. The molecule has 1 aromatic carbocycles. The van der Waals surface area contributed by atoms with Crippen molar-refractivity contribution in [3.05, 3.63) is 34.4 Å². The highest BCUT2D eigenvalue weighted by Gasteiger charge is 2.51. The van der Waals surface area contributed by atoms with E-state index in [1.54, 1.807) is 17.0 Å². The molecule has 12 heteroatoms. The number of carbonyl (C=O) groups excluding carboxylic acids is 2. The SMILES string of the molecule is COC(=O)N=N[C@H](C(=O)N1CCC[C@H]1c1nc2ccc(B3OC(C)(C)C(C)(C)O3)cc2c(=O)[nH]1)C(C)C. The smallest absolute Gasteiger partial charge is 0.450 e. The Kier molecular flexibility index (Phi) is 7.26. The monoisotopic (exact) mass is 511 g/mol. The number of carbonyl (C=O) groups is 2. The van der Waals surface area contributed by atoms with Gasteiger partial charge in [-0.2, -0.15) is 5.11 Å². The van der Waals surface area contributed by atoms with Crippen LogP contribution in [0.1, 0.15) is 66.3 Å². The zero-order valence-corrected chi connectivity index (χ0v) is 22.4. The number of H-pyrrole nitrogens is 1. The number of methoxy groups -OCH3 is 1. The number of amides is 2. The first kappa shape index (κ1) is 26.9. The summed E-state index contributed by atoms with van der Waals surface area (Å²) >= 11 is 0. The summed E-state index contributed by atoms with van der Waals surface area (Å²) in [6, 6.07) is 4.10. The van der Waals surface area contributed by atoms with Gasteiger partial charge in [0.1, 0.15) is 5.82 Å². The van der Waals surface area contributed by atoms with E-state index in [0.717, 1.165) is 11.9 Å². The van der Waals surface area contributed by atoms with Crippen molar-refractivity contribution in [2.75, 3.05) is 13.7 Å². The average molecular weight is 511 g/mol. The molecule has 11 nitrogen and oxygen atoms in total. The number of ether oxygens (including phenoxy) is 1. The highest BCUT2D eigenvalue weighted by atomic mass is 16.7. The second-order valence-corrected chi connectivity index (χ2v) is 10.9. The third-order valence-electron chi connectivity index (χ3n) is 7.45. The number of aromatic nitrogens is 2. The van der Waals surface area contributed by atoms with E-state index in [1.807, 2.05) is 47.6 Å². The number of aromatic amines is 1. The van der Waals surface area contributed by atoms with Crippen LogP contribution in [-0.4, -0.2) is 64.9 Å². The summed E-state index contributed by atoms with van der Waals surface area (Å²) in [4.78, 5) is 47.2. The van der Waals surface area contributed by atoms with E-state index in [1.165, 1.54) is 7.11 Å². The van der Waals surface area contributed by atoms with Gasteiger partial charge in [0.2, 0.25) is 5.91 Å². The van der Waals surface area contributed by atoms with Crippen LogP contribution in [0.2, 0.25) is 0 Å². The number of nitrogens with one attached hydrogen (secondary N) is 1. The minimum Gasteiger partial charge on any atom is -0.450 e. The summed E-state index contributed by atoms with van der Waals surface area (Å²) in [5.74, 6) is -0.0534. The summed E-state index contributed by atoms with van der Waals surface area (Å²) in [5, 5.41) is 7.85. The van der Waals surface area contributed by atoms with Gasteiger partial charge < -0.3 is 23.9 Å². The molecule has 198 valence electrons. The molecule has 2 aliphatic rings. The minimum atomic E-state index is -0.864. The number of likely N-dealkylation sites (tertiary alicyclic amines) is 1. The van der Waals surface area contributed by atoms with Gasteiger partial charge in [-0.15, -0.1) is 0 Å². The lowest BCUT2D eigenvalue weighted by Crippen LogP contribution is -2.41. The topological polar surface area (TPSA) is 136 Å². The maximum atomic E-state index is 13.4. The van der Waals surface area contributed by atoms with Gasteiger partial charge in [-0.05, 0) is 64.1 Å². The standard InChI is InChI=1S/C25H34BN5O6/c1-14(2)19(29-30-23(34)35-7)22(33)31-12-8-9-18(31)20-27-17-11-10-15(13-16(17)21(32)28-20)26-36-24(3,4)25(5,6)37-26/h10-11,13-14,18-19H,8-9,12H2,1-7H3,(H,27,28,32)/t18-,19-/m0/s1. The van der Waals surface area contributed by atoms with Crippen molar-refractivity contribution in [1.82, 2.24) is 14.9 Å². The van der Waals surface area contributed by atoms with Crippen molar-refractivity contribution < 1.29 is 23.6 Å². The number of hydrogen-bond acceptors (Lipinski definition) is 8. The quantitative estimate of drug-likeness (QED) is 0.481. The van der Waals surface area contributed by atoms with Gasteiger partial charge in [-0.25, -0.2) is 9.78 Å². The Morgan fingerprint density at radius 1 is 1.22 bits per heavy atom. The number of nitrogens with zero attached hydrogens (tertiary/aromatic N) is 4. The van der Waals surface area contributed by atoms with Crippen molar-refractivity contribution >= 4 is 35.5 Å². The molecule has 2 amide bonds. The second kappa shape index (κ2) is 9.98. The first-order valence-corrected chi connectivity index (χ1v) is 12.5. The van der Waals surface area contributed by atoms with Crippen molar-refractivity contribution in [3.63, 3.8) is 0 Å². The molecule has 4 rings (SSSR count). The van der Waals surface area contributed by atoms with Gasteiger partial charge in [-0.1, -0.05) is 25.0 Å². The summed E-state index contributed by atoms with van der Waals surface area (Å²) in [6.45, 7) is 12.1. The van der Waals surface area contributed by atoms with Gasteiger partial charge >= 0.3 is 13.2 Å². The van der Waals surface area contributed by atoms with Crippen LogP contribution in [0, 0.1) is 5.92 Å². The predicted octanol–water partition coefficient (Wildman–Crippen LogP) is 3.13. The molecule has 2 fully saturated rings. The van der Waals surface area contributed by atoms with Crippen LogP contribution in [0.25, 0.3) is 10.9 Å². The second-order valence-electron chi connectivity index (χ2n) is 10.9. The molecule has 0 radical (unpaired) electrons. The molecule has 0 bridgehead atoms. The fraction of sp³-hybridized carbons (Fsp3) is 0.600. The van der Waals surface area contributed by atoms with E-state index in [-0.39, 0.29) is 17.4 Å². The third kappa shape index (κ3) is 5.17. The molecule has 1 aromatic heterocycles. The van der Waals surface area contributed by atoms with Crippen molar-refractivity contribution in [1.29, 1.82) is 0 Å². The fourth-order valence-corrected chi connectivity index (χ4v) is 4.56. The van der Waals surface area contributed by atoms with Crippen LogP contribution >= 0.6 is 0 Å². The average Bonchev–Trinajstić information content (AvgIpc) is 3.40. The lowest BCUT2D eigenvalue weighted by atomic mass is 9.78. The first-order chi connectivity index (χ1) is 17.3. The lowest BCUT2D eigenvalue weighted by Gasteiger charge is -2.32. The maximum Gasteiger partial charge on any atom is 0.494 e. The number of hydrogen-bond donors (Lipinski definition) is 1. The molecule has 2 atom stereocenters. The van der Waals surface area contributed by atoms with E-state index in [0.29, 0.717) is 29.7 Å². The van der Waals surface area contributed by atoms with Crippen LogP contribution in [-0.2, 0) is 18.8 Å². The molecule has 3 heterocycles. The van der Waals surface area contributed by atoms with Crippen molar-refractivity contribution in [2.24, 2.45) is 16.1 Å². The van der Waals surface area contributed by atoms with Crippen LogP contribution in [0.4, 0.5) is 4.79 Å². The Labute approximate surface area is 216 Å². The Balaban J connectivity index is 1.62. The molecule has 2 aromatic rings. The molecule has 0 spiro atoms. The number of fused-ring (bicyclic) bond motifs is 1. The molecule has 2 aliphatic heterocycles. The normalized spacial score (nSPS) is 21.8. The Morgan fingerprint density at radius 3 is 2.51 bits per heavy atom. The van der Waals surface area contributed by atoms with E-state index in [2.05, 4.69) is 19.9 Å². The van der Waals surface area contributed by atoms with Crippen molar-refractivity contribution in [3.8, 4) is 0 Å². The predicted molar refractivity (Wildman–Crippen MR) is 138 cm³/mol. The molecule has 37 heavy (non-hydrogen) atoms. The highest BCUT2D eigenvalue weighted by Crippen LogP contribution is 2.36. The Morgan fingerprint density at radius 2 is 1.89 bits per heavy atom. The first-order valence-electron chi connectivity index (χ1n) is 12.5. The third-order valence-corrected chi connectivity index (χ3v) is 7.45. The summed E-state index contributed by atoms with van der Waals surface area (Å²) in [6.07, 6.45) is 0.528. The highest BCUT2D eigenvalue weighted by molar-refractivity contribution is 6.62. The summed E-state index contributed by atoms with van der Waals surface area (Å²) < 4.78 is 16.7. The molecular weight excluding hydrogens is 477 g/mol.